The monoisotopic (exact) mass is 264 g/mol. The van der Waals surface area contributed by atoms with Gasteiger partial charge in [0.2, 0.25) is 0 Å². The molecule has 3 rings (SSSR count). The van der Waals surface area contributed by atoms with E-state index >= 15 is 0 Å². The fourth-order valence-electron chi connectivity index (χ4n) is 2.29. The molecular weight excluding hydrogens is 252 g/mol. The minimum Gasteiger partial charge on any atom is -0.478 e. The Morgan fingerprint density at radius 2 is 1.95 bits per heavy atom. The first-order valence-electron chi connectivity index (χ1n) is 6.21. The minimum absolute atomic E-state index is 0.262. The predicted octanol–water partition coefficient (Wildman–Crippen LogP) is 3.30. The highest BCUT2D eigenvalue weighted by Crippen LogP contribution is 2.26. The van der Waals surface area contributed by atoms with E-state index in [9.17, 15) is 9.90 Å². The summed E-state index contributed by atoms with van der Waals surface area (Å²) in [6.45, 7) is 1.93. The van der Waals surface area contributed by atoms with Crippen LogP contribution in [-0.4, -0.2) is 21.0 Å². The molecule has 0 saturated carbocycles. The number of fused-ring (bicyclic) bond motifs is 1. The first-order chi connectivity index (χ1) is 9.66. The van der Waals surface area contributed by atoms with E-state index in [2.05, 4.69) is 9.97 Å². The third-order valence-electron chi connectivity index (χ3n) is 3.29. The van der Waals surface area contributed by atoms with Gasteiger partial charge < -0.3 is 5.11 Å². The van der Waals surface area contributed by atoms with Crippen LogP contribution in [0, 0.1) is 6.92 Å². The summed E-state index contributed by atoms with van der Waals surface area (Å²) in [7, 11) is 0. The Labute approximate surface area is 115 Å². The molecule has 98 valence electrons. The minimum atomic E-state index is -0.947. The van der Waals surface area contributed by atoms with Gasteiger partial charge in [-0.15, -0.1) is 0 Å². The van der Waals surface area contributed by atoms with Crippen LogP contribution in [0.2, 0.25) is 0 Å². The molecule has 2 heterocycles. The van der Waals surface area contributed by atoms with Gasteiger partial charge in [-0.2, -0.15) is 0 Å². The fourth-order valence-corrected chi connectivity index (χ4v) is 2.29. The zero-order valence-electron chi connectivity index (χ0n) is 10.9. The third kappa shape index (κ3) is 2.01. The van der Waals surface area contributed by atoms with Gasteiger partial charge in [-0.25, -0.2) is 4.79 Å². The summed E-state index contributed by atoms with van der Waals surface area (Å²) < 4.78 is 0. The summed E-state index contributed by atoms with van der Waals surface area (Å²) in [5.74, 6) is -0.947. The molecule has 0 aliphatic carbocycles. The van der Waals surface area contributed by atoms with Crippen LogP contribution >= 0.6 is 0 Å². The molecule has 0 unspecified atom stereocenters. The van der Waals surface area contributed by atoms with E-state index in [0.29, 0.717) is 10.9 Å². The number of aryl methyl sites for hydroxylation is 1. The summed E-state index contributed by atoms with van der Waals surface area (Å²) in [5, 5.41) is 9.90. The quantitative estimate of drug-likeness (QED) is 0.771. The van der Waals surface area contributed by atoms with Crippen LogP contribution in [0.5, 0.6) is 0 Å². The largest absolute Gasteiger partial charge is 0.478 e. The molecule has 3 aromatic rings. The normalized spacial score (nSPS) is 10.7. The lowest BCUT2D eigenvalue weighted by Gasteiger charge is -2.07. The molecule has 0 atom stereocenters. The Kier molecular flexibility index (Phi) is 2.91. The third-order valence-corrected chi connectivity index (χ3v) is 3.29. The molecule has 1 aromatic carbocycles. The molecule has 2 aromatic heterocycles. The Hall–Kier alpha value is -2.75. The van der Waals surface area contributed by atoms with E-state index in [-0.39, 0.29) is 5.56 Å². The zero-order valence-corrected chi connectivity index (χ0v) is 10.9. The number of pyridine rings is 2. The van der Waals surface area contributed by atoms with Crippen molar-refractivity contribution in [3.8, 4) is 11.1 Å². The summed E-state index contributed by atoms with van der Waals surface area (Å²) in [4.78, 5) is 19.8. The van der Waals surface area contributed by atoms with Gasteiger partial charge in [0.1, 0.15) is 0 Å². The van der Waals surface area contributed by atoms with Gasteiger partial charge in [-0.1, -0.05) is 12.1 Å². The molecule has 20 heavy (non-hydrogen) atoms. The van der Waals surface area contributed by atoms with Crippen molar-refractivity contribution in [2.24, 2.45) is 0 Å². The van der Waals surface area contributed by atoms with E-state index in [1.165, 1.54) is 12.3 Å². The summed E-state index contributed by atoms with van der Waals surface area (Å²) in [5.41, 5.74) is 3.79. The van der Waals surface area contributed by atoms with Crippen LogP contribution in [0.1, 0.15) is 16.1 Å². The molecule has 4 nitrogen and oxygen atoms in total. The maximum absolute atomic E-state index is 11.3. The maximum Gasteiger partial charge on any atom is 0.336 e. The highest BCUT2D eigenvalue weighted by atomic mass is 16.4. The van der Waals surface area contributed by atoms with Crippen molar-refractivity contribution >= 4 is 16.9 Å². The van der Waals surface area contributed by atoms with E-state index in [1.54, 1.807) is 6.20 Å². The lowest BCUT2D eigenvalue weighted by molar-refractivity contribution is 0.0699. The first kappa shape index (κ1) is 12.3. The van der Waals surface area contributed by atoms with Crippen LogP contribution in [0.4, 0.5) is 0 Å². The fraction of sp³-hybridized carbons (Fsp3) is 0.0625. The number of carbonyl (C=O) groups is 1. The van der Waals surface area contributed by atoms with Crippen LogP contribution in [0.25, 0.3) is 22.0 Å². The standard InChI is InChI=1S/C16H12N2O2/c1-10-12(3-2-7-17-10)11-4-5-15-14(9-11)13(16(19)20)6-8-18-15/h2-9H,1H3,(H,19,20). The van der Waals surface area contributed by atoms with Crippen LogP contribution in [0.15, 0.2) is 48.8 Å². The molecule has 0 aliphatic rings. The number of aromatic nitrogens is 2. The lowest BCUT2D eigenvalue weighted by atomic mass is 10.00. The molecule has 0 spiro atoms. The first-order valence-corrected chi connectivity index (χ1v) is 6.21. The topological polar surface area (TPSA) is 63.1 Å². The van der Waals surface area contributed by atoms with Gasteiger partial charge >= 0.3 is 5.97 Å². The second-order valence-electron chi connectivity index (χ2n) is 4.53. The van der Waals surface area contributed by atoms with Gasteiger partial charge in [-0.3, -0.25) is 9.97 Å². The maximum atomic E-state index is 11.3. The Balaban J connectivity index is 2.27. The summed E-state index contributed by atoms with van der Waals surface area (Å²) in [6.07, 6.45) is 3.25. The Bertz CT molecular complexity index is 812. The number of aromatic carboxylic acids is 1. The number of carboxylic acid groups (broad SMARTS) is 1. The highest BCUT2D eigenvalue weighted by molar-refractivity contribution is 6.03. The van der Waals surface area contributed by atoms with Gasteiger partial charge in [0.15, 0.2) is 0 Å². The molecule has 0 radical (unpaired) electrons. The lowest BCUT2D eigenvalue weighted by Crippen LogP contribution is -1.98. The number of benzene rings is 1. The van der Waals surface area contributed by atoms with Crippen molar-refractivity contribution in [1.29, 1.82) is 0 Å². The molecule has 4 heteroatoms. The van der Waals surface area contributed by atoms with Gasteiger partial charge in [0.25, 0.3) is 0 Å². The predicted molar refractivity (Wildman–Crippen MR) is 76.7 cm³/mol. The molecule has 1 N–H and O–H groups in total. The molecular formula is C16H12N2O2. The van der Waals surface area contributed by atoms with E-state index < -0.39 is 5.97 Å². The summed E-state index contributed by atoms with van der Waals surface area (Å²) in [6, 6.07) is 11.0. The molecule has 0 bridgehead atoms. The van der Waals surface area contributed by atoms with Crippen molar-refractivity contribution in [2.45, 2.75) is 6.92 Å². The average Bonchev–Trinajstić information content (AvgIpc) is 2.46. The van der Waals surface area contributed by atoms with Gasteiger partial charge in [0.05, 0.1) is 11.1 Å². The van der Waals surface area contributed by atoms with Crippen molar-refractivity contribution < 1.29 is 9.90 Å². The number of carboxylic acids is 1. The van der Waals surface area contributed by atoms with Crippen molar-refractivity contribution in [3.05, 3.63) is 60.0 Å². The number of hydrogen-bond donors (Lipinski definition) is 1. The van der Waals surface area contributed by atoms with Crippen molar-refractivity contribution in [3.63, 3.8) is 0 Å². The van der Waals surface area contributed by atoms with Gasteiger partial charge in [0, 0.05) is 29.0 Å². The van der Waals surface area contributed by atoms with Crippen LogP contribution in [0.3, 0.4) is 0 Å². The van der Waals surface area contributed by atoms with Crippen LogP contribution < -0.4 is 0 Å². The van der Waals surface area contributed by atoms with E-state index in [1.807, 2.05) is 37.3 Å². The highest BCUT2D eigenvalue weighted by Gasteiger charge is 2.10. The number of hydrogen-bond acceptors (Lipinski definition) is 3. The van der Waals surface area contributed by atoms with Crippen molar-refractivity contribution in [2.75, 3.05) is 0 Å². The molecule has 0 aliphatic heterocycles. The number of nitrogens with zero attached hydrogens (tertiary/aromatic N) is 2. The van der Waals surface area contributed by atoms with E-state index in [0.717, 1.165) is 16.8 Å². The van der Waals surface area contributed by atoms with E-state index in [4.69, 9.17) is 0 Å². The Morgan fingerprint density at radius 1 is 1.10 bits per heavy atom. The van der Waals surface area contributed by atoms with Crippen LogP contribution in [-0.2, 0) is 0 Å². The molecule has 0 fully saturated rings. The second-order valence-corrected chi connectivity index (χ2v) is 4.53. The van der Waals surface area contributed by atoms with Gasteiger partial charge in [-0.05, 0) is 36.8 Å². The average molecular weight is 264 g/mol. The van der Waals surface area contributed by atoms with Crippen molar-refractivity contribution in [1.82, 2.24) is 9.97 Å². The number of rotatable bonds is 2. The summed E-state index contributed by atoms with van der Waals surface area (Å²) >= 11 is 0. The zero-order chi connectivity index (χ0) is 14.1. The SMILES string of the molecule is Cc1ncccc1-c1ccc2nccc(C(=O)O)c2c1. The Morgan fingerprint density at radius 3 is 2.70 bits per heavy atom. The smallest absolute Gasteiger partial charge is 0.336 e. The molecule has 0 saturated heterocycles. The molecule has 0 amide bonds. The second kappa shape index (κ2) is 4.74.